The maximum absolute atomic E-state index is 4.32. The summed E-state index contributed by atoms with van der Waals surface area (Å²) in [6.07, 6.45) is 3.54. The standard InChI is InChI=1S/C14H15N5S/c1-9-3-5-10(6-4-9)7-15-12-11-13(17-8-16-12)18-19-14(11)20-2/h3-6,8H,7H2,1-2H3,(H2,15,16,17,18,19). The Hall–Kier alpha value is -2.08. The van der Waals surface area contributed by atoms with Crippen LogP contribution in [0.15, 0.2) is 35.6 Å². The van der Waals surface area contributed by atoms with Gasteiger partial charge in [-0.15, -0.1) is 11.8 Å². The fourth-order valence-corrected chi connectivity index (χ4v) is 2.54. The summed E-state index contributed by atoms with van der Waals surface area (Å²) >= 11 is 1.58. The van der Waals surface area contributed by atoms with E-state index in [2.05, 4.69) is 56.7 Å². The molecular weight excluding hydrogens is 270 g/mol. The van der Waals surface area contributed by atoms with Crippen LogP contribution in [-0.2, 0) is 6.54 Å². The third-order valence-electron chi connectivity index (χ3n) is 3.10. The molecule has 0 bridgehead atoms. The Balaban J connectivity index is 1.87. The molecular formula is C14H15N5S. The second kappa shape index (κ2) is 5.50. The molecule has 0 aliphatic rings. The van der Waals surface area contributed by atoms with Gasteiger partial charge in [-0.1, -0.05) is 29.8 Å². The lowest BCUT2D eigenvalue weighted by atomic mass is 10.1. The van der Waals surface area contributed by atoms with E-state index in [1.807, 2.05) is 6.26 Å². The molecule has 0 spiro atoms. The van der Waals surface area contributed by atoms with Crippen molar-refractivity contribution >= 4 is 28.6 Å². The van der Waals surface area contributed by atoms with Gasteiger partial charge < -0.3 is 5.32 Å². The number of anilines is 1. The minimum Gasteiger partial charge on any atom is -0.365 e. The zero-order valence-electron chi connectivity index (χ0n) is 11.3. The van der Waals surface area contributed by atoms with E-state index in [1.54, 1.807) is 18.1 Å². The number of benzene rings is 1. The molecule has 20 heavy (non-hydrogen) atoms. The molecule has 6 heteroatoms. The molecule has 0 radical (unpaired) electrons. The molecule has 0 aliphatic heterocycles. The average molecular weight is 285 g/mol. The lowest BCUT2D eigenvalue weighted by Gasteiger charge is -2.07. The zero-order chi connectivity index (χ0) is 13.9. The molecule has 102 valence electrons. The fraction of sp³-hybridized carbons (Fsp3) is 0.214. The highest BCUT2D eigenvalue weighted by molar-refractivity contribution is 7.98. The van der Waals surface area contributed by atoms with Crippen LogP contribution in [-0.4, -0.2) is 26.4 Å². The summed E-state index contributed by atoms with van der Waals surface area (Å²) < 4.78 is 0. The van der Waals surface area contributed by atoms with Crippen molar-refractivity contribution in [3.63, 3.8) is 0 Å². The van der Waals surface area contributed by atoms with Crippen LogP contribution in [0.4, 0.5) is 5.82 Å². The van der Waals surface area contributed by atoms with Gasteiger partial charge in [0.1, 0.15) is 17.2 Å². The first-order valence-corrected chi connectivity index (χ1v) is 7.53. The van der Waals surface area contributed by atoms with Crippen molar-refractivity contribution < 1.29 is 0 Å². The largest absolute Gasteiger partial charge is 0.365 e. The topological polar surface area (TPSA) is 66.5 Å². The molecule has 5 nitrogen and oxygen atoms in total. The quantitative estimate of drug-likeness (QED) is 0.721. The number of nitrogens with one attached hydrogen (secondary N) is 2. The molecule has 0 unspecified atom stereocenters. The zero-order valence-corrected chi connectivity index (χ0v) is 12.2. The normalized spacial score (nSPS) is 10.9. The summed E-state index contributed by atoms with van der Waals surface area (Å²) in [5.74, 6) is 0.814. The van der Waals surface area contributed by atoms with Gasteiger partial charge in [0.2, 0.25) is 0 Å². The molecule has 0 saturated heterocycles. The second-order valence-electron chi connectivity index (χ2n) is 4.52. The van der Waals surface area contributed by atoms with Crippen LogP contribution in [0.2, 0.25) is 0 Å². The van der Waals surface area contributed by atoms with Crippen molar-refractivity contribution in [1.82, 2.24) is 20.2 Å². The number of fused-ring (bicyclic) bond motifs is 1. The smallest absolute Gasteiger partial charge is 0.161 e. The number of aryl methyl sites for hydroxylation is 1. The monoisotopic (exact) mass is 285 g/mol. The van der Waals surface area contributed by atoms with Crippen LogP contribution in [0.25, 0.3) is 11.0 Å². The maximum atomic E-state index is 4.32. The summed E-state index contributed by atoms with van der Waals surface area (Å²) in [6, 6.07) is 8.45. The minimum absolute atomic E-state index is 0.728. The van der Waals surface area contributed by atoms with Crippen molar-refractivity contribution in [2.24, 2.45) is 0 Å². The Morgan fingerprint density at radius 1 is 1.20 bits per heavy atom. The van der Waals surface area contributed by atoms with Crippen molar-refractivity contribution in [2.75, 3.05) is 11.6 Å². The Kier molecular flexibility index (Phi) is 3.56. The first-order chi connectivity index (χ1) is 9.78. The Labute approximate surface area is 121 Å². The molecule has 1 aromatic carbocycles. The van der Waals surface area contributed by atoms with Crippen LogP contribution in [0.5, 0.6) is 0 Å². The molecule has 2 N–H and O–H groups in total. The fourth-order valence-electron chi connectivity index (χ4n) is 2.01. The van der Waals surface area contributed by atoms with Crippen LogP contribution in [0.1, 0.15) is 11.1 Å². The maximum Gasteiger partial charge on any atom is 0.161 e. The molecule has 2 aromatic heterocycles. The van der Waals surface area contributed by atoms with Gasteiger partial charge in [-0.3, -0.25) is 5.10 Å². The molecule has 0 amide bonds. The van der Waals surface area contributed by atoms with Crippen LogP contribution >= 0.6 is 11.8 Å². The molecule has 3 aromatic rings. The van der Waals surface area contributed by atoms with E-state index >= 15 is 0 Å². The van der Waals surface area contributed by atoms with Gasteiger partial charge in [0.25, 0.3) is 0 Å². The number of nitrogens with zero attached hydrogens (tertiary/aromatic N) is 3. The van der Waals surface area contributed by atoms with Crippen LogP contribution in [0.3, 0.4) is 0 Å². The summed E-state index contributed by atoms with van der Waals surface area (Å²) in [7, 11) is 0. The van der Waals surface area contributed by atoms with Gasteiger partial charge in [0.15, 0.2) is 5.65 Å². The van der Waals surface area contributed by atoms with Crippen molar-refractivity contribution in [1.29, 1.82) is 0 Å². The third kappa shape index (κ3) is 2.46. The van der Waals surface area contributed by atoms with E-state index in [0.717, 1.165) is 28.4 Å². The second-order valence-corrected chi connectivity index (χ2v) is 5.31. The Morgan fingerprint density at radius 2 is 2.00 bits per heavy atom. The SMILES string of the molecule is CSc1n[nH]c2ncnc(NCc3ccc(C)cc3)c12. The van der Waals surface area contributed by atoms with Crippen molar-refractivity contribution in [2.45, 2.75) is 18.5 Å². The number of rotatable bonds is 4. The van der Waals surface area contributed by atoms with Gasteiger partial charge >= 0.3 is 0 Å². The van der Waals surface area contributed by atoms with E-state index in [1.165, 1.54) is 11.1 Å². The number of thioether (sulfide) groups is 1. The predicted molar refractivity (Wildman–Crippen MR) is 82.0 cm³/mol. The van der Waals surface area contributed by atoms with Crippen LogP contribution < -0.4 is 5.32 Å². The number of H-pyrrole nitrogens is 1. The van der Waals surface area contributed by atoms with Gasteiger partial charge in [-0.25, -0.2) is 9.97 Å². The summed E-state index contributed by atoms with van der Waals surface area (Å²) in [5.41, 5.74) is 3.24. The number of hydrogen-bond acceptors (Lipinski definition) is 5. The first-order valence-electron chi connectivity index (χ1n) is 6.30. The van der Waals surface area contributed by atoms with E-state index in [0.29, 0.717) is 0 Å². The van der Waals surface area contributed by atoms with Crippen molar-refractivity contribution in [3.05, 3.63) is 41.7 Å². The van der Waals surface area contributed by atoms with Gasteiger partial charge in [-0.2, -0.15) is 5.10 Å². The molecule has 0 atom stereocenters. The molecule has 3 rings (SSSR count). The van der Waals surface area contributed by atoms with E-state index in [-0.39, 0.29) is 0 Å². The highest BCUT2D eigenvalue weighted by Gasteiger charge is 2.11. The van der Waals surface area contributed by atoms with E-state index in [4.69, 9.17) is 0 Å². The van der Waals surface area contributed by atoms with Gasteiger partial charge in [-0.05, 0) is 18.7 Å². The van der Waals surface area contributed by atoms with E-state index < -0.39 is 0 Å². The molecule has 0 saturated carbocycles. The summed E-state index contributed by atoms with van der Waals surface area (Å²) in [4.78, 5) is 8.52. The number of aromatic amines is 1. The van der Waals surface area contributed by atoms with Crippen LogP contribution in [0, 0.1) is 6.92 Å². The van der Waals surface area contributed by atoms with Gasteiger partial charge in [0, 0.05) is 6.54 Å². The summed E-state index contributed by atoms with van der Waals surface area (Å²) in [6.45, 7) is 2.81. The lowest BCUT2D eigenvalue weighted by molar-refractivity contribution is 1.02. The first kappa shape index (κ1) is 12.9. The Morgan fingerprint density at radius 3 is 2.75 bits per heavy atom. The average Bonchev–Trinajstić information content (AvgIpc) is 2.90. The molecule has 0 aliphatic carbocycles. The lowest BCUT2D eigenvalue weighted by Crippen LogP contribution is -2.02. The molecule has 0 fully saturated rings. The summed E-state index contributed by atoms with van der Waals surface area (Å²) in [5, 5.41) is 12.4. The third-order valence-corrected chi connectivity index (χ3v) is 3.78. The van der Waals surface area contributed by atoms with Crippen molar-refractivity contribution in [3.8, 4) is 0 Å². The molecule has 2 heterocycles. The predicted octanol–water partition coefficient (Wildman–Crippen LogP) is 3.00. The van der Waals surface area contributed by atoms with E-state index in [9.17, 15) is 0 Å². The highest BCUT2D eigenvalue weighted by atomic mass is 32.2. The minimum atomic E-state index is 0.728. The number of hydrogen-bond donors (Lipinski definition) is 2. The Bertz CT molecular complexity index is 720. The number of aromatic nitrogens is 4. The van der Waals surface area contributed by atoms with Gasteiger partial charge in [0.05, 0.1) is 5.39 Å². The highest BCUT2D eigenvalue weighted by Crippen LogP contribution is 2.27.